The number of carbonyl (C=O) groups excluding carboxylic acids is 1. The Labute approximate surface area is 153 Å². The van der Waals surface area contributed by atoms with Gasteiger partial charge in [0.25, 0.3) is 0 Å². The fraction of sp³-hybridized carbons (Fsp3) is 0.182. The van der Waals surface area contributed by atoms with Crippen LogP contribution < -0.4 is 5.73 Å². The molecule has 0 spiro atoms. The molecule has 0 radical (unpaired) electrons. The summed E-state index contributed by atoms with van der Waals surface area (Å²) in [4.78, 5) is 17.5. The first-order valence-corrected chi connectivity index (χ1v) is 8.73. The highest BCUT2D eigenvalue weighted by Crippen LogP contribution is 2.21. The van der Waals surface area contributed by atoms with Crippen LogP contribution in [0.4, 0.5) is 0 Å². The first kappa shape index (κ1) is 17.7. The molecular formula is C22H22N2O2. The van der Waals surface area contributed by atoms with Crippen LogP contribution in [0.1, 0.15) is 30.4 Å². The molecule has 0 fully saturated rings. The van der Waals surface area contributed by atoms with Gasteiger partial charge in [0, 0.05) is 6.42 Å². The van der Waals surface area contributed by atoms with Gasteiger partial charge in [-0.1, -0.05) is 84.9 Å². The quantitative estimate of drug-likeness (QED) is 0.311. The van der Waals surface area contributed by atoms with Crippen molar-refractivity contribution in [3.05, 3.63) is 83.9 Å². The SMILES string of the molecule is CCC(C(=O)O/N=C(\N)Cc1cccc2ccccc12)c1ccccc1. The summed E-state index contributed by atoms with van der Waals surface area (Å²) in [5.74, 6) is -0.456. The number of nitrogens with zero attached hydrogens (tertiary/aromatic N) is 1. The summed E-state index contributed by atoms with van der Waals surface area (Å²) in [6.45, 7) is 1.95. The molecule has 0 bridgehead atoms. The molecule has 0 aliphatic carbocycles. The van der Waals surface area contributed by atoms with E-state index in [1.165, 1.54) is 0 Å². The van der Waals surface area contributed by atoms with Crippen LogP contribution in [-0.2, 0) is 16.1 Å². The number of hydrogen-bond acceptors (Lipinski definition) is 3. The number of amidine groups is 1. The second kappa shape index (κ2) is 8.30. The van der Waals surface area contributed by atoms with Gasteiger partial charge in [-0.2, -0.15) is 0 Å². The van der Waals surface area contributed by atoms with Crippen molar-refractivity contribution < 1.29 is 9.63 Å². The predicted octanol–water partition coefficient (Wildman–Crippen LogP) is 4.39. The van der Waals surface area contributed by atoms with Crippen molar-refractivity contribution in [2.75, 3.05) is 0 Å². The van der Waals surface area contributed by atoms with Crippen LogP contribution in [-0.4, -0.2) is 11.8 Å². The summed E-state index contributed by atoms with van der Waals surface area (Å²) in [6, 6.07) is 23.7. The summed E-state index contributed by atoms with van der Waals surface area (Å²) >= 11 is 0. The number of nitrogens with two attached hydrogens (primary N) is 1. The van der Waals surface area contributed by atoms with Gasteiger partial charge in [-0.15, -0.1) is 0 Å². The fourth-order valence-corrected chi connectivity index (χ4v) is 3.07. The maximum absolute atomic E-state index is 12.4. The third kappa shape index (κ3) is 4.09. The molecule has 0 aliphatic rings. The molecule has 0 saturated heterocycles. The monoisotopic (exact) mass is 346 g/mol. The zero-order chi connectivity index (χ0) is 18.4. The van der Waals surface area contributed by atoms with Crippen LogP contribution in [0, 0.1) is 0 Å². The van der Waals surface area contributed by atoms with Crippen molar-refractivity contribution in [3.63, 3.8) is 0 Å². The van der Waals surface area contributed by atoms with E-state index in [9.17, 15) is 4.79 Å². The molecule has 0 amide bonds. The van der Waals surface area contributed by atoms with Crippen LogP contribution >= 0.6 is 0 Å². The van der Waals surface area contributed by atoms with Crippen LogP contribution in [0.5, 0.6) is 0 Å². The van der Waals surface area contributed by atoms with Crippen molar-refractivity contribution in [3.8, 4) is 0 Å². The van der Waals surface area contributed by atoms with Gasteiger partial charge in [0.2, 0.25) is 0 Å². The van der Waals surface area contributed by atoms with E-state index in [1.807, 2.05) is 67.6 Å². The third-order valence-electron chi connectivity index (χ3n) is 4.40. The van der Waals surface area contributed by atoms with E-state index in [1.54, 1.807) is 0 Å². The summed E-state index contributed by atoms with van der Waals surface area (Å²) in [5, 5.41) is 6.13. The van der Waals surface area contributed by atoms with Gasteiger partial charge in [-0.3, -0.25) is 0 Å². The van der Waals surface area contributed by atoms with E-state index in [-0.39, 0.29) is 17.7 Å². The lowest BCUT2D eigenvalue weighted by Crippen LogP contribution is -2.19. The van der Waals surface area contributed by atoms with Crippen LogP contribution in [0.3, 0.4) is 0 Å². The van der Waals surface area contributed by atoms with E-state index >= 15 is 0 Å². The number of benzene rings is 3. The van der Waals surface area contributed by atoms with Crippen LogP contribution in [0.2, 0.25) is 0 Å². The van der Waals surface area contributed by atoms with Gasteiger partial charge >= 0.3 is 5.97 Å². The van der Waals surface area contributed by atoms with Crippen LogP contribution in [0.25, 0.3) is 10.8 Å². The summed E-state index contributed by atoms with van der Waals surface area (Å²) in [7, 11) is 0. The molecule has 2 N–H and O–H groups in total. The number of fused-ring (bicyclic) bond motifs is 1. The Bertz CT molecular complexity index is 914. The zero-order valence-electron chi connectivity index (χ0n) is 14.8. The molecule has 3 rings (SSSR count). The molecule has 0 aliphatic heterocycles. The van der Waals surface area contributed by atoms with Crippen molar-refractivity contribution in [1.82, 2.24) is 0 Å². The second-order valence-corrected chi connectivity index (χ2v) is 6.18. The maximum atomic E-state index is 12.4. The molecule has 3 aromatic rings. The highest BCUT2D eigenvalue weighted by Gasteiger charge is 2.20. The number of oxime groups is 1. The molecule has 1 atom stereocenters. The van der Waals surface area contributed by atoms with Crippen LogP contribution in [0.15, 0.2) is 78.0 Å². The molecule has 0 saturated carbocycles. The number of rotatable bonds is 6. The predicted molar refractivity (Wildman–Crippen MR) is 105 cm³/mol. The van der Waals surface area contributed by atoms with Gasteiger partial charge in [0.05, 0.1) is 5.92 Å². The Morgan fingerprint density at radius 3 is 2.46 bits per heavy atom. The zero-order valence-corrected chi connectivity index (χ0v) is 14.8. The smallest absolute Gasteiger partial charge is 0.342 e. The Kier molecular flexibility index (Phi) is 5.64. The number of carbonyl (C=O) groups is 1. The minimum atomic E-state index is -0.389. The van der Waals surface area contributed by atoms with E-state index < -0.39 is 0 Å². The maximum Gasteiger partial charge on any atom is 0.342 e. The van der Waals surface area contributed by atoms with E-state index in [0.29, 0.717) is 12.8 Å². The summed E-state index contributed by atoms with van der Waals surface area (Å²) in [6.07, 6.45) is 1.07. The van der Waals surface area contributed by atoms with Crippen molar-refractivity contribution in [2.45, 2.75) is 25.7 Å². The first-order chi connectivity index (χ1) is 12.7. The molecule has 3 aromatic carbocycles. The van der Waals surface area contributed by atoms with E-state index in [4.69, 9.17) is 10.6 Å². The Morgan fingerprint density at radius 1 is 1.00 bits per heavy atom. The molecule has 0 aromatic heterocycles. The minimum absolute atomic E-state index is 0.276. The Hall–Kier alpha value is -3.14. The van der Waals surface area contributed by atoms with Crippen molar-refractivity contribution >= 4 is 22.6 Å². The lowest BCUT2D eigenvalue weighted by Gasteiger charge is -2.12. The molecule has 132 valence electrons. The van der Waals surface area contributed by atoms with E-state index in [0.717, 1.165) is 21.9 Å². The van der Waals surface area contributed by atoms with Crippen molar-refractivity contribution in [2.24, 2.45) is 10.9 Å². The first-order valence-electron chi connectivity index (χ1n) is 8.73. The average molecular weight is 346 g/mol. The van der Waals surface area contributed by atoms with Gasteiger partial charge < -0.3 is 10.6 Å². The molecular weight excluding hydrogens is 324 g/mol. The highest BCUT2D eigenvalue weighted by molar-refractivity contribution is 5.91. The second-order valence-electron chi connectivity index (χ2n) is 6.18. The largest absolute Gasteiger partial charge is 0.384 e. The molecule has 26 heavy (non-hydrogen) atoms. The lowest BCUT2D eigenvalue weighted by atomic mass is 9.97. The normalized spacial score (nSPS) is 12.7. The minimum Gasteiger partial charge on any atom is -0.384 e. The number of hydrogen-bond donors (Lipinski definition) is 1. The van der Waals surface area contributed by atoms with Gasteiger partial charge in [-0.05, 0) is 28.3 Å². The Balaban J connectivity index is 1.70. The van der Waals surface area contributed by atoms with Gasteiger partial charge in [0.1, 0.15) is 5.84 Å². The van der Waals surface area contributed by atoms with E-state index in [2.05, 4.69) is 17.3 Å². The standard InChI is InChI=1S/C22H22N2O2/c1-2-19(16-9-4-3-5-10-16)22(25)26-24-21(23)15-18-13-8-12-17-11-6-7-14-20(17)18/h3-14,19H,2,15H2,1H3,(H2,23,24). The third-order valence-corrected chi connectivity index (χ3v) is 4.40. The average Bonchev–Trinajstić information content (AvgIpc) is 2.68. The summed E-state index contributed by atoms with van der Waals surface area (Å²) < 4.78 is 0. The fourth-order valence-electron chi connectivity index (χ4n) is 3.07. The molecule has 1 unspecified atom stereocenters. The van der Waals surface area contributed by atoms with Gasteiger partial charge in [-0.25, -0.2) is 4.79 Å². The lowest BCUT2D eigenvalue weighted by molar-refractivity contribution is -0.145. The topological polar surface area (TPSA) is 64.7 Å². The van der Waals surface area contributed by atoms with Crippen molar-refractivity contribution in [1.29, 1.82) is 0 Å². The molecule has 0 heterocycles. The Morgan fingerprint density at radius 2 is 1.69 bits per heavy atom. The highest BCUT2D eigenvalue weighted by atomic mass is 16.7. The summed E-state index contributed by atoms with van der Waals surface area (Å²) in [5.41, 5.74) is 7.97. The molecule has 4 nitrogen and oxygen atoms in total. The molecule has 4 heteroatoms. The van der Waals surface area contributed by atoms with Gasteiger partial charge in [0.15, 0.2) is 0 Å².